The Labute approximate surface area is 194 Å². The smallest absolute Gasteiger partial charge is 0.343 e. The van der Waals surface area contributed by atoms with Crippen molar-refractivity contribution in [2.75, 3.05) is 13.2 Å². The standard InChI is InChI=1S/C25H46FNO5/c1-5-8-9-10-11-12-13-14-15-16-17-18-19-22(26)20-25(27-21(4)28,23(29)31-6-2)24(30)32-7-3/h22H,5-20H2,1-4H3,(H,27,28). The minimum atomic E-state index is -2.14. The van der Waals surface area contributed by atoms with Gasteiger partial charge in [-0.3, -0.25) is 4.79 Å². The van der Waals surface area contributed by atoms with Gasteiger partial charge in [0.05, 0.1) is 13.2 Å². The second kappa shape index (κ2) is 18.9. The third kappa shape index (κ3) is 13.0. The predicted octanol–water partition coefficient (Wildman–Crippen LogP) is 5.81. The molecule has 0 aromatic carbocycles. The Balaban J connectivity index is 4.41. The van der Waals surface area contributed by atoms with E-state index in [0.717, 1.165) is 19.3 Å². The van der Waals surface area contributed by atoms with Crippen molar-refractivity contribution in [1.29, 1.82) is 0 Å². The average molecular weight is 460 g/mol. The molecule has 0 saturated carbocycles. The quantitative estimate of drug-likeness (QED) is 0.141. The zero-order chi connectivity index (χ0) is 24.2. The normalized spacial score (nSPS) is 12.3. The number of halogens is 1. The number of carbonyl (C=O) groups excluding carboxylic acids is 3. The molecule has 1 atom stereocenters. The fourth-order valence-electron chi connectivity index (χ4n) is 3.85. The lowest BCUT2D eigenvalue weighted by atomic mass is 9.90. The van der Waals surface area contributed by atoms with Crippen LogP contribution in [0.15, 0.2) is 0 Å². The molecule has 0 aliphatic heterocycles. The molecule has 188 valence electrons. The summed E-state index contributed by atoms with van der Waals surface area (Å²) in [6, 6.07) is 0. The largest absolute Gasteiger partial charge is 0.464 e. The first kappa shape index (κ1) is 30.3. The number of carbonyl (C=O) groups is 3. The summed E-state index contributed by atoms with van der Waals surface area (Å²) in [6.07, 6.45) is 12.5. The average Bonchev–Trinajstić information content (AvgIpc) is 2.74. The molecule has 0 aliphatic rings. The lowest BCUT2D eigenvalue weighted by Gasteiger charge is -2.30. The molecule has 0 fully saturated rings. The van der Waals surface area contributed by atoms with Crippen molar-refractivity contribution < 1.29 is 28.2 Å². The van der Waals surface area contributed by atoms with Crippen LogP contribution in [0.1, 0.15) is 118 Å². The van der Waals surface area contributed by atoms with Crippen molar-refractivity contribution in [3.05, 3.63) is 0 Å². The topological polar surface area (TPSA) is 81.7 Å². The van der Waals surface area contributed by atoms with Gasteiger partial charge in [0.15, 0.2) is 0 Å². The summed E-state index contributed by atoms with van der Waals surface area (Å²) in [7, 11) is 0. The summed E-state index contributed by atoms with van der Waals surface area (Å²) in [6.45, 7) is 6.59. The van der Waals surface area contributed by atoms with Crippen LogP contribution in [0.2, 0.25) is 0 Å². The van der Waals surface area contributed by atoms with E-state index >= 15 is 0 Å². The van der Waals surface area contributed by atoms with Crippen LogP contribution in [0.25, 0.3) is 0 Å². The number of hydrogen-bond donors (Lipinski definition) is 1. The fourth-order valence-corrected chi connectivity index (χ4v) is 3.85. The van der Waals surface area contributed by atoms with Crippen molar-refractivity contribution in [3.63, 3.8) is 0 Å². The Hall–Kier alpha value is -1.66. The Kier molecular flexibility index (Phi) is 17.9. The lowest BCUT2D eigenvalue weighted by molar-refractivity contribution is -0.169. The van der Waals surface area contributed by atoms with Crippen molar-refractivity contribution >= 4 is 17.8 Å². The molecule has 32 heavy (non-hydrogen) atoms. The number of unbranched alkanes of at least 4 members (excludes halogenated alkanes) is 11. The number of amides is 1. The lowest BCUT2D eigenvalue weighted by Crippen LogP contribution is -2.62. The van der Waals surface area contributed by atoms with Gasteiger partial charge in [-0.2, -0.15) is 0 Å². The van der Waals surface area contributed by atoms with Crippen LogP contribution >= 0.6 is 0 Å². The molecule has 1 amide bonds. The summed E-state index contributed by atoms with van der Waals surface area (Å²) in [5, 5.41) is 2.31. The zero-order valence-corrected chi connectivity index (χ0v) is 20.8. The minimum Gasteiger partial charge on any atom is -0.464 e. The van der Waals surface area contributed by atoms with Crippen LogP contribution in [0, 0.1) is 0 Å². The van der Waals surface area contributed by atoms with E-state index in [0.29, 0.717) is 6.42 Å². The molecule has 0 aliphatic carbocycles. The maximum absolute atomic E-state index is 14.8. The number of esters is 2. The van der Waals surface area contributed by atoms with Crippen LogP contribution in [0.5, 0.6) is 0 Å². The molecule has 0 spiro atoms. The van der Waals surface area contributed by atoms with E-state index in [-0.39, 0.29) is 19.6 Å². The molecule has 7 heteroatoms. The van der Waals surface area contributed by atoms with E-state index < -0.39 is 36.0 Å². The van der Waals surface area contributed by atoms with Crippen LogP contribution in [-0.2, 0) is 23.9 Å². The Bertz CT molecular complexity index is 508. The highest BCUT2D eigenvalue weighted by molar-refractivity contribution is 6.07. The number of hydrogen-bond acceptors (Lipinski definition) is 5. The van der Waals surface area contributed by atoms with E-state index in [4.69, 9.17) is 9.47 Å². The van der Waals surface area contributed by atoms with Gasteiger partial charge < -0.3 is 14.8 Å². The molecular formula is C25H46FNO5. The first-order valence-electron chi connectivity index (χ1n) is 12.6. The summed E-state index contributed by atoms with van der Waals surface area (Å²) in [4.78, 5) is 36.7. The van der Waals surface area contributed by atoms with Crippen LogP contribution < -0.4 is 5.32 Å². The summed E-state index contributed by atoms with van der Waals surface area (Å²) < 4.78 is 24.7. The molecule has 0 heterocycles. The summed E-state index contributed by atoms with van der Waals surface area (Å²) in [5.74, 6) is -2.58. The Morgan fingerprint density at radius 1 is 0.750 bits per heavy atom. The Morgan fingerprint density at radius 3 is 1.53 bits per heavy atom. The second-order valence-electron chi connectivity index (χ2n) is 8.51. The van der Waals surface area contributed by atoms with Crippen LogP contribution in [0.4, 0.5) is 4.39 Å². The highest BCUT2D eigenvalue weighted by Crippen LogP contribution is 2.24. The molecule has 0 bridgehead atoms. The number of nitrogens with one attached hydrogen (secondary N) is 1. The van der Waals surface area contributed by atoms with Crippen molar-refractivity contribution in [1.82, 2.24) is 5.32 Å². The Morgan fingerprint density at radius 2 is 1.16 bits per heavy atom. The maximum Gasteiger partial charge on any atom is 0.343 e. The third-order valence-electron chi connectivity index (χ3n) is 5.54. The van der Waals surface area contributed by atoms with Gasteiger partial charge in [0.25, 0.3) is 0 Å². The fraction of sp³-hybridized carbons (Fsp3) is 0.880. The van der Waals surface area contributed by atoms with Gasteiger partial charge in [-0.05, 0) is 20.3 Å². The van der Waals surface area contributed by atoms with Gasteiger partial charge in [-0.15, -0.1) is 0 Å². The van der Waals surface area contributed by atoms with Crippen molar-refractivity contribution in [2.45, 2.75) is 129 Å². The predicted molar refractivity (Wildman–Crippen MR) is 125 cm³/mol. The zero-order valence-electron chi connectivity index (χ0n) is 20.8. The summed E-state index contributed by atoms with van der Waals surface area (Å²) >= 11 is 0. The third-order valence-corrected chi connectivity index (χ3v) is 5.54. The first-order valence-corrected chi connectivity index (χ1v) is 12.6. The van der Waals surface area contributed by atoms with Gasteiger partial charge >= 0.3 is 11.9 Å². The van der Waals surface area contributed by atoms with Gasteiger partial charge in [0.1, 0.15) is 6.17 Å². The van der Waals surface area contributed by atoms with Crippen LogP contribution in [-0.4, -0.2) is 42.8 Å². The number of ether oxygens (including phenoxy) is 2. The van der Waals surface area contributed by atoms with E-state index in [9.17, 15) is 18.8 Å². The molecule has 0 saturated heterocycles. The number of alkyl halides is 1. The molecule has 1 N–H and O–H groups in total. The molecule has 0 radical (unpaired) electrons. The monoisotopic (exact) mass is 459 g/mol. The van der Waals surface area contributed by atoms with E-state index in [1.807, 2.05) is 0 Å². The van der Waals surface area contributed by atoms with E-state index in [2.05, 4.69) is 12.2 Å². The minimum absolute atomic E-state index is 0.00919. The van der Waals surface area contributed by atoms with Gasteiger partial charge in [-0.1, -0.05) is 84.0 Å². The number of rotatable bonds is 20. The van der Waals surface area contributed by atoms with Gasteiger partial charge in [0, 0.05) is 13.3 Å². The van der Waals surface area contributed by atoms with Crippen LogP contribution in [0.3, 0.4) is 0 Å². The SMILES string of the molecule is CCCCCCCCCCCCCCC(F)CC(NC(C)=O)(C(=O)OCC)C(=O)OCC. The molecule has 6 nitrogen and oxygen atoms in total. The molecular weight excluding hydrogens is 413 g/mol. The van der Waals surface area contributed by atoms with E-state index in [1.54, 1.807) is 13.8 Å². The van der Waals surface area contributed by atoms with Gasteiger partial charge in [-0.25, -0.2) is 14.0 Å². The van der Waals surface area contributed by atoms with Crippen molar-refractivity contribution in [3.8, 4) is 0 Å². The summed E-state index contributed by atoms with van der Waals surface area (Å²) in [5.41, 5.74) is -2.14. The molecule has 0 rings (SSSR count). The van der Waals surface area contributed by atoms with Crippen molar-refractivity contribution in [2.24, 2.45) is 0 Å². The highest BCUT2D eigenvalue weighted by atomic mass is 19.1. The maximum atomic E-state index is 14.8. The second-order valence-corrected chi connectivity index (χ2v) is 8.51. The highest BCUT2D eigenvalue weighted by Gasteiger charge is 2.51. The molecule has 0 aromatic rings. The van der Waals surface area contributed by atoms with Gasteiger partial charge in [0.2, 0.25) is 11.4 Å². The van der Waals surface area contributed by atoms with E-state index in [1.165, 1.54) is 58.3 Å². The molecule has 1 unspecified atom stereocenters. The first-order chi connectivity index (χ1) is 15.3. The molecule has 0 aromatic heterocycles.